The van der Waals surface area contributed by atoms with E-state index < -0.39 is 5.97 Å². The van der Waals surface area contributed by atoms with Crippen LogP contribution in [0.1, 0.15) is 30.6 Å². The lowest BCUT2D eigenvalue weighted by Crippen LogP contribution is -2.35. The summed E-state index contributed by atoms with van der Waals surface area (Å²) in [7, 11) is 0. The standard InChI is InChI=1S/C20H22N2O4S/c1-3-25-19-15(7-6-11-21-19)20(24)26-13-18(23)22-12-10-14(2)27-17-9-5-4-8-16(17)22/h4-9,11,14H,3,10,12-13H2,1-2H3/t14-/m0/s1. The van der Waals surface area contributed by atoms with Crippen LogP contribution in [0.15, 0.2) is 47.5 Å². The first-order chi connectivity index (χ1) is 13.1. The quantitative estimate of drug-likeness (QED) is 0.732. The molecule has 0 radical (unpaired) electrons. The summed E-state index contributed by atoms with van der Waals surface area (Å²) in [4.78, 5) is 31.9. The van der Waals surface area contributed by atoms with Crippen molar-refractivity contribution in [3.63, 3.8) is 0 Å². The minimum Gasteiger partial charge on any atom is -0.477 e. The Labute approximate surface area is 162 Å². The maximum atomic E-state index is 12.8. The molecule has 1 aromatic carbocycles. The van der Waals surface area contributed by atoms with Crippen molar-refractivity contribution in [2.45, 2.75) is 30.4 Å². The molecule has 0 spiro atoms. The van der Waals surface area contributed by atoms with Gasteiger partial charge in [-0.25, -0.2) is 9.78 Å². The molecule has 0 N–H and O–H groups in total. The molecule has 1 amide bonds. The SMILES string of the molecule is CCOc1ncccc1C(=O)OCC(=O)N1CC[C@H](C)Sc2ccccc21. The molecule has 142 valence electrons. The molecule has 0 aliphatic carbocycles. The number of rotatable bonds is 5. The number of fused-ring (bicyclic) bond motifs is 1. The summed E-state index contributed by atoms with van der Waals surface area (Å²) in [5, 5.41) is 0.413. The molecule has 0 fully saturated rings. The van der Waals surface area contributed by atoms with E-state index in [1.54, 1.807) is 35.0 Å². The molecule has 1 aliphatic heterocycles. The average Bonchev–Trinajstić information content (AvgIpc) is 2.84. The van der Waals surface area contributed by atoms with Crippen LogP contribution in [-0.4, -0.2) is 41.9 Å². The summed E-state index contributed by atoms with van der Waals surface area (Å²) in [6, 6.07) is 11.0. The van der Waals surface area contributed by atoms with Crippen molar-refractivity contribution >= 4 is 29.3 Å². The van der Waals surface area contributed by atoms with E-state index in [1.165, 1.54) is 0 Å². The summed E-state index contributed by atoms with van der Waals surface area (Å²) in [6.07, 6.45) is 2.41. The Bertz CT molecular complexity index is 827. The van der Waals surface area contributed by atoms with Crippen molar-refractivity contribution in [1.82, 2.24) is 4.98 Å². The van der Waals surface area contributed by atoms with E-state index in [9.17, 15) is 9.59 Å². The van der Waals surface area contributed by atoms with Crippen LogP contribution in [0.2, 0.25) is 0 Å². The van der Waals surface area contributed by atoms with Gasteiger partial charge in [-0.15, -0.1) is 11.8 Å². The maximum absolute atomic E-state index is 12.8. The first-order valence-electron chi connectivity index (χ1n) is 8.91. The van der Waals surface area contributed by atoms with Crippen LogP contribution in [0.4, 0.5) is 5.69 Å². The minimum absolute atomic E-state index is 0.211. The summed E-state index contributed by atoms with van der Waals surface area (Å²) in [5.74, 6) is -0.652. The molecule has 1 aromatic heterocycles. The fourth-order valence-corrected chi connectivity index (χ4v) is 3.94. The van der Waals surface area contributed by atoms with Crippen LogP contribution in [-0.2, 0) is 9.53 Å². The Morgan fingerprint density at radius 1 is 1.26 bits per heavy atom. The Hall–Kier alpha value is -2.54. The van der Waals surface area contributed by atoms with Gasteiger partial charge in [0.1, 0.15) is 5.56 Å². The Morgan fingerprint density at radius 3 is 2.89 bits per heavy atom. The zero-order valence-corrected chi connectivity index (χ0v) is 16.2. The van der Waals surface area contributed by atoms with Gasteiger partial charge in [-0.2, -0.15) is 0 Å². The molecule has 7 heteroatoms. The van der Waals surface area contributed by atoms with Gasteiger partial charge in [0.15, 0.2) is 6.61 Å². The first-order valence-corrected chi connectivity index (χ1v) is 9.79. The molecule has 0 saturated heterocycles. The predicted octanol–water partition coefficient (Wildman–Crippen LogP) is 3.55. The number of hydrogen-bond donors (Lipinski definition) is 0. The topological polar surface area (TPSA) is 68.7 Å². The number of nitrogens with zero attached hydrogens (tertiary/aromatic N) is 2. The Morgan fingerprint density at radius 2 is 2.07 bits per heavy atom. The van der Waals surface area contributed by atoms with Crippen LogP contribution in [0.25, 0.3) is 0 Å². The number of carbonyl (C=O) groups excluding carboxylic acids is 2. The number of amides is 1. The number of anilines is 1. The van der Waals surface area contributed by atoms with Crippen LogP contribution >= 0.6 is 11.8 Å². The van der Waals surface area contributed by atoms with Gasteiger partial charge < -0.3 is 14.4 Å². The van der Waals surface area contributed by atoms with E-state index in [1.807, 2.05) is 31.2 Å². The van der Waals surface area contributed by atoms with Crippen LogP contribution in [0, 0.1) is 0 Å². The van der Waals surface area contributed by atoms with Gasteiger partial charge in [0.2, 0.25) is 5.88 Å². The van der Waals surface area contributed by atoms with Crippen molar-refractivity contribution < 1.29 is 19.1 Å². The zero-order chi connectivity index (χ0) is 19.2. The molecule has 0 unspecified atom stereocenters. The largest absolute Gasteiger partial charge is 0.477 e. The minimum atomic E-state index is -0.620. The number of benzene rings is 1. The summed E-state index contributed by atoms with van der Waals surface area (Å²) in [6.45, 7) is 4.61. The number of thioether (sulfide) groups is 1. The van der Waals surface area contributed by atoms with Crippen molar-refractivity contribution in [3.05, 3.63) is 48.2 Å². The number of ether oxygens (including phenoxy) is 2. The van der Waals surface area contributed by atoms with Crippen molar-refractivity contribution in [1.29, 1.82) is 0 Å². The van der Waals surface area contributed by atoms with E-state index in [0.717, 1.165) is 17.0 Å². The van der Waals surface area contributed by atoms with Crippen LogP contribution in [0.3, 0.4) is 0 Å². The third kappa shape index (κ3) is 4.60. The monoisotopic (exact) mass is 386 g/mol. The van der Waals surface area contributed by atoms with Crippen molar-refractivity contribution in [2.24, 2.45) is 0 Å². The van der Waals surface area contributed by atoms with Gasteiger partial charge in [-0.05, 0) is 37.6 Å². The highest BCUT2D eigenvalue weighted by Crippen LogP contribution is 2.37. The zero-order valence-electron chi connectivity index (χ0n) is 15.4. The molecule has 3 rings (SSSR count). The average molecular weight is 386 g/mol. The number of pyridine rings is 1. The Kier molecular flexibility index (Phi) is 6.34. The molecule has 1 aliphatic rings. The van der Waals surface area contributed by atoms with E-state index in [0.29, 0.717) is 18.4 Å². The molecular weight excluding hydrogens is 364 g/mol. The van der Waals surface area contributed by atoms with Gasteiger partial charge in [-0.1, -0.05) is 19.1 Å². The lowest BCUT2D eigenvalue weighted by Gasteiger charge is -2.22. The van der Waals surface area contributed by atoms with E-state index in [4.69, 9.17) is 9.47 Å². The molecule has 2 aromatic rings. The summed E-state index contributed by atoms with van der Waals surface area (Å²) in [5.41, 5.74) is 1.08. The third-order valence-corrected chi connectivity index (χ3v) is 5.38. The molecule has 6 nitrogen and oxygen atoms in total. The van der Waals surface area contributed by atoms with Crippen molar-refractivity contribution in [2.75, 3.05) is 24.7 Å². The predicted molar refractivity (Wildman–Crippen MR) is 104 cm³/mol. The second kappa shape index (κ2) is 8.90. The molecule has 27 heavy (non-hydrogen) atoms. The number of hydrogen-bond acceptors (Lipinski definition) is 6. The number of esters is 1. The van der Waals surface area contributed by atoms with E-state index in [-0.39, 0.29) is 24.0 Å². The fourth-order valence-electron chi connectivity index (χ4n) is 2.83. The second-order valence-corrected chi connectivity index (χ2v) is 7.58. The first kappa shape index (κ1) is 19.2. The van der Waals surface area contributed by atoms with Gasteiger partial charge in [0, 0.05) is 22.9 Å². The lowest BCUT2D eigenvalue weighted by atomic mass is 10.2. The third-order valence-electron chi connectivity index (χ3n) is 4.14. The number of carbonyl (C=O) groups is 2. The molecule has 1 atom stereocenters. The molecule has 0 bridgehead atoms. The normalized spacial score (nSPS) is 16.2. The molecular formula is C20H22N2O4S. The van der Waals surface area contributed by atoms with Crippen LogP contribution < -0.4 is 9.64 Å². The summed E-state index contributed by atoms with van der Waals surface area (Å²) >= 11 is 1.76. The fraction of sp³-hybridized carbons (Fsp3) is 0.350. The van der Waals surface area contributed by atoms with Gasteiger partial charge in [0.05, 0.1) is 12.3 Å². The highest BCUT2D eigenvalue weighted by molar-refractivity contribution is 8.00. The lowest BCUT2D eigenvalue weighted by molar-refractivity contribution is -0.121. The molecule has 0 saturated carbocycles. The van der Waals surface area contributed by atoms with Gasteiger partial charge in [0.25, 0.3) is 5.91 Å². The number of aromatic nitrogens is 1. The Balaban J connectivity index is 1.70. The highest BCUT2D eigenvalue weighted by atomic mass is 32.2. The van der Waals surface area contributed by atoms with E-state index >= 15 is 0 Å². The summed E-state index contributed by atoms with van der Waals surface area (Å²) < 4.78 is 10.6. The molecule has 2 heterocycles. The number of para-hydroxylation sites is 1. The highest BCUT2D eigenvalue weighted by Gasteiger charge is 2.25. The van der Waals surface area contributed by atoms with E-state index in [2.05, 4.69) is 11.9 Å². The second-order valence-electron chi connectivity index (χ2n) is 6.10. The van der Waals surface area contributed by atoms with Crippen molar-refractivity contribution in [3.8, 4) is 5.88 Å². The smallest absolute Gasteiger partial charge is 0.344 e. The van der Waals surface area contributed by atoms with Gasteiger partial charge in [-0.3, -0.25) is 4.79 Å². The maximum Gasteiger partial charge on any atom is 0.344 e. The van der Waals surface area contributed by atoms with Crippen LogP contribution in [0.5, 0.6) is 5.88 Å². The van der Waals surface area contributed by atoms with Gasteiger partial charge >= 0.3 is 5.97 Å².